The Kier molecular flexibility index (Phi) is 6.92. The van der Waals surface area contributed by atoms with Crippen molar-refractivity contribution in [2.45, 2.75) is 19.3 Å². The summed E-state index contributed by atoms with van der Waals surface area (Å²) in [6.07, 6.45) is -3.94. The van der Waals surface area contributed by atoms with Gasteiger partial charge in [0.1, 0.15) is 11.8 Å². The van der Waals surface area contributed by atoms with Crippen molar-refractivity contribution in [1.29, 1.82) is 0 Å². The molecular weight excluding hydrogens is 456 g/mol. The van der Waals surface area contributed by atoms with Gasteiger partial charge in [-0.15, -0.1) is 13.2 Å². The molecule has 1 N–H and O–H groups in total. The summed E-state index contributed by atoms with van der Waals surface area (Å²) in [5.74, 6) is -1.21. The zero-order valence-electron chi connectivity index (χ0n) is 15.0. The van der Waals surface area contributed by atoms with Crippen molar-refractivity contribution in [3.05, 3.63) is 52.5 Å². The van der Waals surface area contributed by atoms with Gasteiger partial charge in [-0.05, 0) is 49.4 Å². The van der Waals surface area contributed by atoms with Gasteiger partial charge in [-0.25, -0.2) is 8.42 Å². The molecule has 0 aliphatic heterocycles. The van der Waals surface area contributed by atoms with E-state index in [9.17, 15) is 26.4 Å². The number of ether oxygens (including phenoxy) is 1. The van der Waals surface area contributed by atoms with Crippen LogP contribution in [0.5, 0.6) is 5.75 Å². The highest BCUT2D eigenvalue weighted by atomic mass is 35.5. The Labute approximate surface area is 175 Å². The summed E-state index contributed by atoms with van der Waals surface area (Å²) in [4.78, 5) is 12.6. The number of rotatable bonds is 6. The van der Waals surface area contributed by atoms with Gasteiger partial charge in [0.2, 0.25) is 15.9 Å². The summed E-state index contributed by atoms with van der Waals surface area (Å²) >= 11 is 12.0. The number of amides is 1. The van der Waals surface area contributed by atoms with Crippen molar-refractivity contribution < 1.29 is 31.1 Å². The maximum Gasteiger partial charge on any atom is 0.573 e. The smallest absolute Gasteiger partial charge is 0.406 e. The van der Waals surface area contributed by atoms with E-state index in [1.807, 2.05) is 0 Å². The summed E-state index contributed by atoms with van der Waals surface area (Å²) in [6, 6.07) is 7.30. The lowest BCUT2D eigenvalue weighted by Gasteiger charge is -2.29. The van der Waals surface area contributed by atoms with Crippen LogP contribution in [0.25, 0.3) is 0 Å². The Morgan fingerprint density at radius 2 is 1.72 bits per heavy atom. The van der Waals surface area contributed by atoms with Gasteiger partial charge in [0.05, 0.1) is 17.0 Å². The molecule has 0 radical (unpaired) electrons. The fourth-order valence-corrected chi connectivity index (χ4v) is 4.03. The molecule has 0 unspecified atom stereocenters. The fourth-order valence-electron chi connectivity index (χ4n) is 2.42. The number of nitrogens with one attached hydrogen (secondary N) is 1. The first-order valence-corrected chi connectivity index (χ1v) is 10.5. The SMILES string of the molecule is C[C@@H](C(=O)Nc1ccc(OC(F)(F)F)cc1)N(c1cc(Cl)ccc1Cl)S(C)(=O)=O. The van der Waals surface area contributed by atoms with E-state index in [-0.39, 0.29) is 21.4 Å². The molecule has 0 saturated heterocycles. The summed E-state index contributed by atoms with van der Waals surface area (Å²) in [7, 11) is -3.94. The summed E-state index contributed by atoms with van der Waals surface area (Å²) < 4.78 is 65.8. The molecule has 2 aromatic rings. The largest absolute Gasteiger partial charge is 0.573 e. The van der Waals surface area contributed by atoms with Crippen LogP contribution in [0.1, 0.15) is 6.92 Å². The van der Waals surface area contributed by atoms with E-state index in [4.69, 9.17) is 23.2 Å². The third kappa shape index (κ3) is 6.41. The quantitative estimate of drug-likeness (QED) is 0.664. The summed E-state index contributed by atoms with van der Waals surface area (Å²) in [5, 5.41) is 2.71. The second-order valence-electron chi connectivity index (χ2n) is 5.89. The first-order chi connectivity index (χ1) is 13.3. The third-order valence-corrected chi connectivity index (χ3v) is 5.37. The van der Waals surface area contributed by atoms with Gasteiger partial charge in [0.15, 0.2) is 0 Å². The molecule has 0 saturated carbocycles. The van der Waals surface area contributed by atoms with Gasteiger partial charge in [-0.3, -0.25) is 9.10 Å². The minimum atomic E-state index is -4.84. The van der Waals surface area contributed by atoms with Crippen molar-refractivity contribution in [3.8, 4) is 5.75 Å². The maximum absolute atomic E-state index is 12.6. The molecule has 12 heteroatoms. The lowest BCUT2D eigenvalue weighted by atomic mass is 10.2. The number of hydrogen-bond acceptors (Lipinski definition) is 4. The number of carbonyl (C=O) groups excluding carboxylic acids is 1. The molecule has 6 nitrogen and oxygen atoms in total. The molecule has 0 aliphatic rings. The van der Waals surface area contributed by atoms with Crippen LogP contribution < -0.4 is 14.4 Å². The molecule has 2 aromatic carbocycles. The zero-order chi connectivity index (χ0) is 22.0. The standard InChI is InChI=1S/C17H15Cl2F3N2O4S/c1-10(24(29(2,26)27)15-9-11(18)3-8-14(15)19)16(25)23-12-4-6-13(7-5-12)28-17(20,21)22/h3-10H,1-2H3,(H,23,25)/t10-/m0/s1. The third-order valence-electron chi connectivity index (χ3n) is 3.59. The normalized spacial score (nSPS) is 12.9. The molecule has 0 aliphatic carbocycles. The molecule has 0 bridgehead atoms. The van der Waals surface area contributed by atoms with E-state index >= 15 is 0 Å². The van der Waals surface area contributed by atoms with E-state index in [2.05, 4.69) is 10.1 Å². The Balaban J connectivity index is 2.25. The highest BCUT2D eigenvalue weighted by Crippen LogP contribution is 2.32. The Morgan fingerprint density at radius 1 is 1.14 bits per heavy atom. The lowest BCUT2D eigenvalue weighted by Crippen LogP contribution is -2.45. The molecule has 29 heavy (non-hydrogen) atoms. The second-order valence-corrected chi connectivity index (χ2v) is 8.60. The minimum absolute atomic E-state index is 0.0123. The molecule has 158 valence electrons. The van der Waals surface area contributed by atoms with E-state index in [0.717, 1.165) is 22.7 Å². The van der Waals surface area contributed by atoms with Crippen molar-refractivity contribution in [2.75, 3.05) is 15.9 Å². The summed E-state index contributed by atoms with van der Waals surface area (Å²) in [6.45, 7) is 1.33. The number of halogens is 5. The van der Waals surface area contributed by atoms with E-state index in [1.54, 1.807) is 0 Å². The van der Waals surface area contributed by atoms with E-state index in [1.165, 1.54) is 37.3 Å². The van der Waals surface area contributed by atoms with Crippen molar-refractivity contribution in [3.63, 3.8) is 0 Å². The van der Waals surface area contributed by atoms with Crippen LogP contribution in [-0.4, -0.2) is 33.0 Å². The number of anilines is 2. The van der Waals surface area contributed by atoms with E-state index < -0.39 is 34.1 Å². The Bertz CT molecular complexity index is 999. The number of hydrogen-bond donors (Lipinski definition) is 1. The number of benzene rings is 2. The molecule has 0 spiro atoms. The van der Waals surface area contributed by atoms with Crippen molar-refractivity contribution in [2.24, 2.45) is 0 Å². The van der Waals surface area contributed by atoms with Crippen LogP contribution in [0, 0.1) is 0 Å². The Morgan fingerprint density at radius 3 is 2.24 bits per heavy atom. The number of alkyl halides is 3. The van der Waals surface area contributed by atoms with Crippen molar-refractivity contribution >= 4 is 50.5 Å². The topological polar surface area (TPSA) is 75.7 Å². The molecule has 0 aromatic heterocycles. The zero-order valence-corrected chi connectivity index (χ0v) is 17.3. The van der Waals surface area contributed by atoms with Gasteiger partial charge in [-0.1, -0.05) is 23.2 Å². The first-order valence-electron chi connectivity index (χ1n) is 7.89. The van der Waals surface area contributed by atoms with E-state index in [0.29, 0.717) is 0 Å². The van der Waals surface area contributed by atoms with Gasteiger partial charge >= 0.3 is 6.36 Å². The van der Waals surface area contributed by atoms with Gasteiger partial charge < -0.3 is 10.1 Å². The minimum Gasteiger partial charge on any atom is -0.406 e. The average Bonchev–Trinajstić information content (AvgIpc) is 2.57. The van der Waals surface area contributed by atoms with Gasteiger partial charge in [-0.2, -0.15) is 0 Å². The van der Waals surface area contributed by atoms with Crippen LogP contribution in [0.3, 0.4) is 0 Å². The number of carbonyl (C=O) groups is 1. The molecule has 0 fully saturated rings. The first kappa shape index (κ1) is 23.1. The van der Waals surface area contributed by atoms with Crippen LogP contribution >= 0.6 is 23.2 Å². The molecular formula is C17H15Cl2F3N2O4S. The van der Waals surface area contributed by atoms with Crippen LogP contribution in [0.4, 0.5) is 24.5 Å². The fraction of sp³-hybridized carbons (Fsp3) is 0.235. The lowest BCUT2D eigenvalue weighted by molar-refractivity contribution is -0.274. The maximum atomic E-state index is 12.6. The Hall–Kier alpha value is -2.17. The second kappa shape index (κ2) is 8.68. The molecule has 1 atom stereocenters. The number of nitrogens with zero attached hydrogens (tertiary/aromatic N) is 1. The summed E-state index contributed by atoms with van der Waals surface area (Å²) in [5.41, 5.74) is 0.153. The molecule has 0 heterocycles. The highest BCUT2D eigenvalue weighted by molar-refractivity contribution is 7.92. The van der Waals surface area contributed by atoms with Gasteiger partial charge in [0.25, 0.3) is 0 Å². The highest BCUT2D eigenvalue weighted by Gasteiger charge is 2.32. The molecule has 1 amide bonds. The predicted molar refractivity (Wildman–Crippen MR) is 105 cm³/mol. The molecule has 2 rings (SSSR count). The van der Waals surface area contributed by atoms with Crippen molar-refractivity contribution in [1.82, 2.24) is 0 Å². The predicted octanol–water partition coefficient (Wildman–Crippen LogP) is 4.69. The van der Waals surface area contributed by atoms with Crippen LogP contribution in [0.15, 0.2) is 42.5 Å². The number of sulfonamides is 1. The average molecular weight is 471 g/mol. The van der Waals surface area contributed by atoms with Gasteiger partial charge in [0, 0.05) is 10.7 Å². The monoisotopic (exact) mass is 470 g/mol. The van der Waals surface area contributed by atoms with Crippen LogP contribution in [0.2, 0.25) is 10.0 Å². The van der Waals surface area contributed by atoms with Crippen LogP contribution in [-0.2, 0) is 14.8 Å².